The number of carbonyl (C=O) groups is 1. The van der Waals surface area contributed by atoms with E-state index in [9.17, 15) is 9.90 Å². The lowest BCUT2D eigenvalue weighted by Crippen LogP contribution is -2.30. The summed E-state index contributed by atoms with van der Waals surface area (Å²) in [4.78, 5) is 13.7. The molecule has 202 valence electrons. The number of likely N-dealkylation sites (N-methyl/N-ethyl adjacent to an activating group) is 1. The van der Waals surface area contributed by atoms with E-state index in [0.29, 0.717) is 13.0 Å². The molecule has 2 unspecified atom stereocenters. The molecule has 0 aliphatic heterocycles. The summed E-state index contributed by atoms with van der Waals surface area (Å²) in [6.45, 7) is 5.81. The van der Waals surface area contributed by atoms with E-state index in [1.54, 1.807) is 0 Å². The molecule has 4 rings (SSSR count). The zero-order chi connectivity index (χ0) is 27.1. The summed E-state index contributed by atoms with van der Waals surface area (Å²) >= 11 is 0. The van der Waals surface area contributed by atoms with Crippen LogP contribution in [-0.4, -0.2) is 49.4 Å². The normalized spacial score (nSPS) is 15.4. The van der Waals surface area contributed by atoms with E-state index in [0.717, 1.165) is 50.0 Å². The van der Waals surface area contributed by atoms with E-state index in [2.05, 4.69) is 62.2 Å². The number of carboxylic acid groups (broad SMARTS) is 1. The Morgan fingerprint density at radius 2 is 1.55 bits per heavy atom. The van der Waals surface area contributed by atoms with Gasteiger partial charge in [-0.3, -0.25) is 4.90 Å². The first kappa shape index (κ1) is 27.9. The number of hydrogen-bond donors (Lipinski definition) is 1. The van der Waals surface area contributed by atoms with Crippen LogP contribution in [0.5, 0.6) is 5.75 Å². The first-order chi connectivity index (χ1) is 18.4. The van der Waals surface area contributed by atoms with Crippen LogP contribution < -0.4 is 4.74 Å². The van der Waals surface area contributed by atoms with E-state index in [1.807, 2.05) is 24.3 Å². The molecular formula is C33H41NO4. The third kappa shape index (κ3) is 6.64. The third-order valence-corrected chi connectivity index (χ3v) is 7.67. The Kier molecular flexibility index (Phi) is 9.59. The standard InChI is InChI=1S/C33H41NO4/c1-5-7-24-11-17-30-27(21-24)13-12-26-20-23(6-2)10-16-29(26)32(30)34(3)18-19-38-28-14-8-25(9-15-28)22-31(37-4)33(35)36/h8-11,14-17,20-21,31-32H,5-7,12-13,18-19,22H2,1-4H3,(H,35,36). The van der Waals surface area contributed by atoms with Crippen molar-refractivity contribution in [1.82, 2.24) is 4.90 Å². The van der Waals surface area contributed by atoms with Gasteiger partial charge < -0.3 is 14.6 Å². The zero-order valence-electron chi connectivity index (χ0n) is 23.2. The van der Waals surface area contributed by atoms with Crippen LogP contribution in [0, 0.1) is 0 Å². The summed E-state index contributed by atoms with van der Waals surface area (Å²) in [6, 6.07) is 21.9. The molecular weight excluding hydrogens is 474 g/mol. The lowest BCUT2D eigenvalue weighted by molar-refractivity contribution is -0.148. The molecule has 0 fully saturated rings. The number of aryl methyl sites for hydroxylation is 4. The molecule has 0 spiro atoms. The van der Waals surface area contributed by atoms with E-state index >= 15 is 0 Å². The van der Waals surface area contributed by atoms with Gasteiger partial charge >= 0.3 is 5.97 Å². The van der Waals surface area contributed by atoms with Crippen LogP contribution in [0.4, 0.5) is 0 Å². The lowest BCUT2D eigenvalue weighted by atomic mass is 9.91. The van der Waals surface area contributed by atoms with Crippen molar-refractivity contribution in [2.75, 3.05) is 27.3 Å². The summed E-state index contributed by atoms with van der Waals surface area (Å²) < 4.78 is 11.2. The van der Waals surface area contributed by atoms with Crippen LogP contribution in [0.15, 0.2) is 60.7 Å². The summed E-state index contributed by atoms with van der Waals surface area (Å²) in [5, 5.41) is 9.21. The number of carboxylic acids is 1. The van der Waals surface area contributed by atoms with Crippen LogP contribution in [0.1, 0.15) is 65.3 Å². The van der Waals surface area contributed by atoms with Crippen LogP contribution >= 0.6 is 0 Å². The topological polar surface area (TPSA) is 59.0 Å². The van der Waals surface area contributed by atoms with Crippen molar-refractivity contribution >= 4 is 5.97 Å². The van der Waals surface area contributed by atoms with Crippen molar-refractivity contribution in [1.29, 1.82) is 0 Å². The molecule has 1 N–H and O–H groups in total. The quantitative estimate of drug-likeness (QED) is 0.319. The SMILES string of the molecule is CCCc1ccc2c(c1)CCc1cc(CC)ccc1C2N(C)CCOc1ccc(CC(OC)C(=O)O)cc1. The highest BCUT2D eigenvalue weighted by Gasteiger charge is 2.27. The fourth-order valence-electron chi connectivity index (χ4n) is 5.50. The molecule has 0 heterocycles. The molecule has 1 aliphatic rings. The molecule has 0 aromatic heterocycles. The van der Waals surface area contributed by atoms with Gasteiger partial charge in [-0.1, -0.05) is 68.8 Å². The second-order valence-electron chi connectivity index (χ2n) is 10.3. The van der Waals surface area contributed by atoms with Crippen molar-refractivity contribution in [3.63, 3.8) is 0 Å². The molecule has 0 saturated carbocycles. The Hall–Kier alpha value is -3.15. The van der Waals surface area contributed by atoms with Gasteiger partial charge in [-0.25, -0.2) is 4.79 Å². The number of fused-ring (bicyclic) bond motifs is 2. The van der Waals surface area contributed by atoms with Gasteiger partial charge in [-0.05, 0) is 83.8 Å². The van der Waals surface area contributed by atoms with Gasteiger partial charge in [0, 0.05) is 20.1 Å². The molecule has 2 atom stereocenters. The molecule has 3 aromatic carbocycles. The van der Waals surface area contributed by atoms with Gasteiger partial charge in [-0.15, -0.1) is 0 Å². The number of ether oxygens (including phenoxy) is 2. The molecule has 1 aliphatic carbocycles. The number of rotatable bonds is 12. The van der Waals surface area contributed by atoms with Crippen LogP contribution in [0.2, 0.25) is 0 Å². The molecule has 0 radical (unpaired) electrons. The molecule has 0 amide bonds. The average molecular weight is 516 g/mol. The van der Waals surface area contributed by atoms with Crippen molar-refractivity contribution < 1.29 is 19.4 Å². The van der Waals surface area contributed by atoms with Gasteiger partial charge in [0.1, 0.15) is 12.4 Å². The van der Waals surface area contributed by atoms with Gasteiger partial charge in [-0.2, -0.15) is 0 Å². The predicted molar refractivity (Wildman–Crippen MR) is 152 cm³/mol. The predicted octanol–water partition coefficient (Wildman–Crippen LogP) is 6.04. The Bertz CT molecular complexity index is 1220. The minimum Gasteiger partial charge on any atom is -0.492 e. The number of nitrogens with zero attached hydrogens (tertiary/aromatic N) is 1. The van der Waals surface area contributed by atoms with Crippen LogP contribution in [0.25, 0.3) is 0 Å². The van der Waals surface area contributed by atoms with Crippen LogP contribution in [0.3, 0.4) is 0 Å². The maximum absolute atomic E-state index is 11.2. The maximum atomic E-state index is 11.2. The minimum absolute atomic E-state index is 0.192. The number of methoxy groups -OCH3 is 1. The van der Waals surface area contributed by atoms with E-state index in [-0.39, 0.29) is 6.04 Å². The summed E-state index contributed by atoms with van der Waals surface area (Å²) in [5.74, 6) is -0.171. The van der Waals surface area contributed by atoms with E-state index in [4.69, 9.17) is 9.47 Å². The molecule has 0 bridgehead atoms. The monoisotopic (exact) mass is 515 g/mol. The highest BCUT2D eigenvalue weighted by Crippen LogP contribution is 2.37. The fraction of sp³-hybridized carbons (Fsp3) is 0.424. The minimum atomic E-state index is -0.954. The van der Waals surface area contributed by atoms with Gasteiger partial charge in [0.2, 0.25) is 0 Å². The van der Waals surface area contributed by atoms with E-state index < -0.39 is 12.1 Å². The summed E-state index contributed by atoms with van der Waals surface area (Å²) in [6.07, 6.45) is 4.97. The van der Waals surface area contributed by atoms with Crippen molar-refractivity contribution in [3.05, 3.63) is 99.6 Å². The number of aliphatic carboxylic acids is 1. The van der Waals surface area contributed by atoms with Crippen molar-refractivity contribution in [3.8, 4) is 5.75 Å². The second-order valence-corrected chi connectivity index (χ2v) is 10.3. The Balaban J connectivity index is 1.48. The fourth-order valence-corrected chi connectivity index (χ4v) is 5.50. The molecule has 0 saturated heterocycles. The second kappa shape index (κ2) is 13.1. The largest absolute Gasteiger partial charge is 0.492 e. The van der Waals surface area contributed by atoms with Crippen LogP contribution in [-0.2, 0) is 41.6 Å². The maximum Gasteiger partial charge on any atom is 0.333 e. The summed E-state index contributed by atoms with van der Waals surface area (Å²) in [7, 11) is 3.62. The van der Waals surface area contributed by atoms with Gasteiger partial charge in [0.05, 0.1) is 6.04 Å². The van der Waals surface area contributed by atoms with E-state index in [1.165, 1.54) is 40.5 Å². The molecule has 38 heavy (non-hydrogen) atoms. The number of hydrogen-bond acceptors (Lipinski definition) is 4. The lowest BCUT2D eigenvalue weighted by Gasteiger charge is -2.31. The highest BCUT2D eigenvalue weighted by molar-refractivity contribution is 5.72. The Labute approximate surface area is 227 Å². The highest BCUT2D eigenvalue weighted by atomic mass is 16.5. The Morgan fingerprint density at radius 1 is 0.947 bits per heavy atom. The molecule has 5 heteroatoms. The number of benzene rings is 3. The third-order valence-electron chi connectivity index (χ3n) is 7.67. The smallest absolute Gasteiger partial charge is 0.333 e. The average Bonchev–Trinajstić information content (AvgIpc) is 3.08. The molecule has 3 aromatic rings. The zero-order valence-corrected chi connectivity index (χ0v) is 23.2. The van der Waals surface area contributed by atoms with Crippen molar-refractivity contribution in [2.45, 2.75) is 64.5 Å². The molecule has 5 nitrogen and oxygen atoms in total. The first-order valence-electron chi connectivity index (χ1n) is 13.8. The van der Waals surface area contributed by atoms with Gasteiger partial charge in [0.25, 0.3) is 0 Å². The van der Waals surface area contributed by atoms with Crippen molar-refractivity contribution in [2.24, 2.45) is 0 Å². The Morgan fingerprint density at radius 3 is 2.13 bits per heavy atom. The summed E-state index contributed by atoms with van der Waals surface area (Å²) in [5.41, 5.74) is 9.47. The van der Waals surface area contributed by atoms with Gasteiger partial charge in [0.15, 0.2) is 6.10 Å². The first-order valence-corrected chi connectivity index (χ1v) is 13.8.